The maximum absolute atomic E-state index is 6.82. The highest BCUT2D eigenvalue weighted by Crippen LogP contribution is 2.48. The Hall–Kier alpha value is -3.27. The molecule has 0 radical (unpaired) electrons. The van der Waals surface area contributed by atoms with Crippen molar-refractivity contribution in [2.24, 2.45) is 11.1 Å². The normalized spacial score (nSPS) is 28.2. The number of fused-ring (bicyclic) bond motifs is 1. The van der Waals surface area contributed by atoms with Gasteiger partial charge in [-0.25, -0.2) is 0 Å². The van der Waals surface area contributed by atoms with Gasteiger partial charge in [0.05, 0.1) is 45.2 Å². The van der Waals surface area contributed by atoms with Crippen LogP contribution in [0.1, 0.15) is 30.5 Å². The average molecular weight is 560 g/mol. The zero-order valence-corrected chi connectivity index (χ0v) is 23.7. The number of ether oxygens (including phenoxy) is 6. The van der Waals surface area contributed by atoms with Gasteiger partial charge in [0.2, 0.25) is 0 Å². The molecule has 3 aromatic rings. The van der Waals surface area contributed by atoms with Crippen LogP contribution in [-0.2, 0) is 48.3 Å². The maximum Gasteiger partial charge on any atom is 0.164 e. The van der Waals surface area contributed by atoms with Crippen LogP contribution in [0.5, 0.6) is 5.75 Å². The SMILES string of the molecule is COc1ccc(CO[C@H]2C3=NOC[C@@H]3[C@@H](OCc3ccccc3)[C@@]3(COC(C)(C)O3)[C@H]2OCc2ccccc2)cc1. The molecule has 216 valence electrons. The van der Waals surface area contributed by atoms with E-state index >= 15 is 0 Å². The number of nitrogens with zero attached hydrogens (tertiary/aromatic N) is 1. The van der Waals surface area contributed by atoms with Gasteiger partial charge in [-0.2, -0.15) is 0 Å². The Labute approximate surface area is 241 Å². The first-order valence-electron chi connectivity index (χ1n) is 14.1. The lowest BCUT2D eigenvalue weighted by Crippen LogP contribution is -2.70. The van der Waals surface area contributed by atoms with Crippen molar-refractivity contribution in [1.82, 2.24) is 0 Å². The van der Waals surface area contributed by atoms with Gasteiger partial charge in [0.1, 0.15) is 30.7 Å². The molecule has 8 nitrogen and oxygen atoms in total. The van der Waals surface area contributed by atoms with Crippen LogP contribution in [0.25, 0.3) is 0 Å². The molecule has 6 rings (SSSR count). The summed E-state index contributed by atoms with van der Waals surface area (Å²) >= 11 is 0. The summed E-state index contributed by atoms with van der Waals surface area (Å²) < 4.78 is 38.5. The standard InChI is InChI=1S/C33H37NO7/c1-32(2)39-22-33(41-32)30(37-19-23-10-6-4-7-11-23)27-21-40-34-28(27)29(31(33)38-20-24-12-8-5-9-13-24)36-18-25-14-16-26(35-3)17-15-25/h4-17,27,29-31H,18-22H2,1-3H3/t27-,29-,30+,31-,33-/m0/s1. The topological polar surface area (TPSA) is 77.0 Å². The molecule has 0 bridgehead atoms. The molecular formula is C33H37NO7. The van der Waals surface area contributed by atoms with Crippen LogP contribution in [0.4, 0.5) is 0 Å². The van der Waals surface area contributed by atoms with Crippen LogP contribution in [0.15, 0.2) is 90.1 Å². The summed E-state index contributed by atoms with van der Waals surface area (Å²) in [7, 11) is 1.65. The summed E-state index contributed by atoms with van der Waals surface area (Å²) in [6.45, 7) is 5.62. The summed E-state index contributed by atoms with van der Waals surface area (Å²) in [5.41, 5.74) is 2.92. The van der Waals surface area contributed by atoms with Gasteiger partial charge in [0, 0.05) is 0 Å². The first kappa shape index (κ1) is 27.9. The predicted octanol–water partition coefficient (Wildman–Crippen LogP) is 5.29. The van der Waals surface area contributed by atoms with E-state index < -0.39 is 29.7 Å². The fourth-order valence-corrected chi connectivity index (χ4v) is 5.93. The van der Waals surface area contributed by atoms with Gasteiger partial charge in [-0.3, -0.25) is 0 Å². The van der Waals surface area contributed by atoms with E-state index in [1.165, 1.54) is 0 Å². The molecule has 1 saturated carbocycles. The van der Waals surface area contributed by atoms with Crippen LogP contribution in [-0.4, -0.2) is 55.7 Å². The van der Waals surface area contributed by atoms with Gasteiger partial charge in [0.25, 0.3) is 0 Å². The summed E-state index contributed by atoms with van der Waals surface area (Å²) in [6, 6.07) is 28.0. The Bertz CT molecular complexity index is 1310. The third-order valence-corrected chi connectivity index (χ3v) is 7.91. The fourth-order valence-electron chi connectivity index (χ4n) is 5.93. The van der Waals surface area contributed by atoms with E-state index in [1.807, 2.05) is 86.6 Å². The van der Waals surface area contributed by atoms with Crippen LogP contribution in [0.2, 0.25) is 0 Å². The zero-order chi connectivity index (χ0) is 28.3. The van der Waals surface area contributed by atoms with Gasteiger partial charge < -0.3 is 33.3 Å². The lowest BCUT2D eigenvalue weighted by atomic mass is 9.71. The van der Waals surface area contributed by atoms with E-state index in [0.29, 0.717) is 26.4 Å². The fraction of sp³-hybridized carbons (Fsp3) is 0.424. The average Bonchev–Trinajstić information content (AvgIpc) is 3.61. The first-order chi connectivity index (χ1) is 20.0. The third-order valence-electron chi connectivity index (χ3n) is 7.91. The first-order valence-corrected chi connectivity index (χ1v) is 14.1. The molecule has 2 aliphatic heterocycles. The lowest BCUT2D eigenvalue weighted by molar-refractivity contribution is -0.261. The van der Waals surface area contributed by atoms with Crippen molar-refractivity contribution in [1.29, 1.82) is 0 Å². The monoisotopic (exact) mass is 559 g/mol. The Balaban J connectivity index is 1.35. The number of methoxy groups -OCH3 is 1. The molecule has 3 aromatic carbocycles. The van der Waals surface area contributed by atoms with Gasteiger partial charge in [-0.05, 0) is 42.7 Å². The summed E-state index contributed by atoms with van der Waals surface area (Å²) in [6.07, 6.45) is -1.56. The van der Waals surface area contributed by atoms with Crippen molar-refractivity contribution in [3.8, 4) is 5.75 Å². The molecule has 41 heavy (non-hydrogen) atoms. The molecule has 2 heterocycles. The second-order valence-corrected chi connectivity index (χ2v) is 11.2. The second kappa shape index (κ2) is 11.9. The largest absolute Gasteiger partial charge is 0.497 e. The molecule has 1 aliphatic carbocycles. The van der Waals surface area contributed by atoms with E-state index in [-0.39, 0.29) is 12.5 Å². The summed E-state index contributed by atoms with van der Waals surface area (Å²) in [4.78, 5) is 5.71. The minimum absolute atomic E-state index is 0.186. The molecule has 1 spiro atoms. The molecule has 0 unspecified atom stereocenters. The molecule has 8 heteroatoms. The van der Waals surface area contributed by atoms with Gasteiger partial charge >= 0.3 is 0 Å². The Morgan fingerprint density at radius 1 is 0.756 bits per heavy atom. The number of hydrogen-bond acceptors (Lipinski definition) is 8. The number of benzene rings is 3. The lowest BCUT2D eigenvalue weighted by Gasteiger charge is -2.50. The van der Waals surface area contributed by atoms with Crippen molar-refractivity contribution >= 4 is 5.71 Å². The van der Waals surface area contributed by atoms with E-state index in [0.717, 1.165) is 28.2 Å². The van der Waals surface area contributed by atoms with Crippen LogP contribution < -0.4 is 4.74 Å². The highest BCUT2D eigenvalue weighted by Gasteiger charge is 2.67. The molecule has 1 saturated heterocycles. The zero-order valence-electron chi connectivity index (χ0n) is 23.7. The minimum atomic E-state index is -0.963. The summed E-state index contributed by atoms with van der Waals surface area (Å²) in [5, 5.41) is 4.50. The van der Waals surface area contributed by atoms with Crippen molar-refractivity contribution in [2.45, 2.75) is 63.4 Å². The number of hydrogen-bond donors (Lipinski definition) is 0. The van der Waals surface area contributed by atoms with Crippen molar-refractivity contribution in [3.63, 3.8) is 0 Å². The predicted molar refractivity (Wildman–Crippen MR) is 152 cm³/mol. The molecule has 0 amide bonds. The number of oxime groups is 1. The van der Waals surface area contributed by atoms with Crippen LogP contribution in [0, 0.1) is 5.92 Å². The van der Waals surface area contributed by atoms with Gasteiger partial charge in [0.15, 0.2) is 11.4 Å². The quantitative estimate of drug-likeness (QED) is 0.334. The van der Waals surface area contributed by atoms with Gasteiger partial charge in [-0.15, -0.1) is 0 Å². The van der Waals surface area contributed by atoms with Crippen molar-refractivity contribution in [3.05, 3.63) is 102 Å². The van der Waals surface area contributed by atoms with E-state index in [1.54, 1.807) is 7.11 Å². The van der Waals surface area contributed by atoms with E-state index in [9.17, 15) is 0 Å². The number of rotatable bonds is 10. The molecule has 5 atom stereocenters. The Morgan fingerprint density at radius 2 is 1.34 bits per heavy atom. The molecule has 3 aliphatic rings. The van der Waals surface area contributed by atoms with E-state index in [2.05, 4.69) is 17.3 Å². The minimum Gasteiger partial charge on any atom is -0.497 e. The van der Waals surface area contributed by atoms with Crippen LogP contribution in [0.3, 0.4) is 0 Å². The third kappa shape index (κ3) is 5.89. The highest BCUT2D eigenvalue weighted by atomic mass is 16.8. The Kier molecular flexibility index (Phi) is 8.10. The summed E-state index contributed by atoms with van der Waals surface area (Å²) in [5.74, 6) is -0.231. The molecule has 0 N–H and O–H groups in total. The Morgan fingerprint density at radius 3 is 1.93 bits per heavy atom. The maximum atomic E-state index is 6.82. The smallest absolute Gasteiger partial charge is 0.164 e. The highest BCUT2D eigenvalue weighted by molar-refractivity contribution is 5.94. The van der Waals surface area contributed by atoms with E-state index in [4.69, 9.17) is 33.3 Å². The van der Waals surface area contributed by atoms with Crippen molar-refractivity contribution < 1.29 is 33.3 Å². The van der Waals surface area contributed by atoms with Crippen molar-refractivity contribution in [2.75, 3.05) is 20.3 Å². The van der Waals surface area contributed by atoms with Crippen LogP contribution >= 0.6 is 0 Å². The molecule has 2 fully saturated rings. The molecular weight excluding hydrogens is 522 g/mol. The van der Waals surface area contributed by atoms with Gasteiger partial charge in [-0.1, -0.05) is 78.0 Å². The second-order valence-electron chi connectivity index (χ2n) is 11.2. The molecule has 0 aromatic heterocycles.